The lowest BCUT2D eigenvalue weighted by atomic mass is 9.80. The molecule has 5 heteroatoms. The first-order chi connectivity index (χ1) is 8.66. The van der Waals surface area contributed by atoms with E-state index in [9.17, 15) is 10.1 Å². The summed E-state index contributed by atoms with van der Waals surface area (Å²) in [7, 11) is 2.09. The Kier molecular flexibility index (Phi) is 4.20. The van der Waals surface area contributed by atoms with Gasteiger partial charge in [0.1, 0.15) is 5.41 Å². The molecule has 0 bridgehead atoms. The summed E-state index contributed by atoms with van der Waals surface area (Å²) in [6, 6.07) is 2.44. The minimum absolute atomic E-state index is 0.0946. The van der Waals surface area contributed by atoms with Crippen LogP contribution in [0.5, 0.6) is 0 Å². The summed E-state index contributed by atoms with van der Waals surface area (Å²) in [6.07, 6.45) is 2.98. The number of amides is 1. The van der Waals surface area contributed by atoms with Gasteiger partial charge in [0.05, 0.1) is 6.07 Å². The molecular weight excluding hydrogens is 230 g/mol. The van der Waals surface area contributed by atoms with Crippen LogP contribution in [0, 0.1) is 16.7 Å². The molecule has 5 nitrogen and oxygen atoms in total. The van der Waals surface area contributed by atoms with Crippen LogP contribution >= 0.6 is 0 Å². The van der Waals surface area contributed by atoms with Gasteiger partial charge < -0.3 is 15.0 Å². The van der Waals surface area contributed by atoms with Gasteiger partial charge in [-0.25, -0.2) is 0 Å². The Hall–Kier alpha value is -1.12. The van der Waals surface area contributed by atoms with Crippen LogP contribution in [0.15, 0.2) is 0 Å². The van der Waals surface area contributed by atoms with Crippen LogP contribution in [0.25, 0.3) is 0 Å². The van der Waals surface area contributed by atoms with Crippen molar-refractivity contribution in [2.75, 3.05) is 33.4 Å². The van der Waals surface area contributed by atoms with Crippen LogP contribution in [0.1, 0.15) is 25.7 Å². The summed E-state index contributed by atoms with van der Waals surface area (Å²) < 4.78 is 5.24. The highest BCUT2D eigenvalue weighted by atomic mass is 16.5. The van der Waals surface area contributed by atoms with E-state index in [2.05, 4.69) is 23.3 Å². The van der Waals surface area contributed by atoms with E-state index in [4.69, 9.17) is 4.74 Å². The zero-order valence-corrected chi connectivity index (χ0v) is 10.9. The molecule has 0 atom stereocenters. The van der Waals surface area contributed by atoms with E-state index in [1.807, 2.05) is 0 Å². The summed E-state index contributed by atoms with van der Waals surface area (Å²) >= 11 is 0. The third kappa shape index (κ3) is 2.82. The van der Waals surface area contributed by atoms with E-state index in [0.717, 1.165) is 25.9 Å². The number of nitrogens with zero attached hydrogens (tertiary/aromatic N) is 2. The molecule has 0 aromatic carbocycles. The number of nitrogens with one attached hydrogen (secondary N) is 1. The molecule has 18 heavy (non-hydrogen) atoms. The molecule has 2 fully saturated rings. The predicted octanol–water partition coefficient (Wildman–Crippen LogP) is 0.517. The summed E-state index contributed by atoms with van der Waals surface area (Å²) in [5, 5.41) is 12.4. The summed E-state index contributed by atoms with van der Waals surface area (Å²) in [6.45, 7) is 3.03. The Balaban J connectivity index is 1.92. The number of carbonyl (C=O) groups is 1. The largest absolute Gasteiger partial charge is 0.381 e. The molecular formula is C13H21N3O2. The quantitative estimate of drug-likeness (QED) is 0.777. The SMILES string of the molecule is CN1CCC(NC(=O)C2(C#N)CCOCC2)CC1. The van der Waals surface area contributed by atoms with Gasteiger partial charge in [0.15, 0.2) is 0 Å². The molecule has 2 aliphatic rings. The molecule has 1 amide bonds. The zero-order chi connectivity index (χ0) is 13.0. The van der Waals surface area contributed by atoms with Crippen molar-refractivity contribution in [3.8, 4) is 6.07 Å². The van der Waals surface area contributed by atoms with Gasteiger partial charge in [-0.3, -0.25) is 4.79 Å². The molecule has 0 radical (unpaired) electrons. The average molecular weight is 251 g/mol. The van der Waals surface area contributed by atoms with Crippen LogP contribution in [0.2, 0.25) is 0 Å². The van der Waals surface area contributed by atoms with E-state index in [1.165, 1.54) is 0 Å². The highest BCUT2D eigenvalue weighted by Gasteiger charge is 2.41. The van der Waals surface area contributed by atoms with Crippen LogP contribution in [0.3, 0.4) is 0 Å². The van der Waals surface area contributed by atoms with E-state index in [0.29, 0.717) is 26.1 Å². The van der Waals surface area contributed by atoms with Crippen molar-refractivity contribution in [1.82, 2.24) is 10.2 Å². The van der Waals surface area contributed by atoms with Gasteiger partial charge in [0, 0.05) is 19.3 Å². The second-order valence-corrected chi connectivity index (χ2v) is 5.36. The fraction of sp³-hybridized carbons (Fsp3) is 0.846. The number of piperidine rings is 1. The third-order valence-corrected chi connectivity index (χ3v) is 4.05. The molecule has 1 N–H and O–H groups in total. The van der Waals surface area contributed by atoms with Crippen molar-refractivity contribution in [3.63, 3.8) is 0 Å². The molecule has 2 saturated heterocycles. The third-order valence-electron chi connectivity index (χ3n) is 4.05. The number of ether oxygens (including phenoxy) is 1. The highest BCUT2D eigenvalue weighted by molar-refractivity contribution is 5.85. The smallest absolute Gasteiger partial charge is 0.240 e. The Morgan fingerprint density at radius 2 is 2.00 bits per heavy atom. The first-order valence-electron chi connectivity index (χ1n) is 6.65. The summed E-state index contributed by atoms with van der Waals surface area (Å²) in [5.74, 6) is -0.0946. The number of nitriles is 1. The van der Waals surface area contributed by atoms with Gasteiger partial charge in [-0.15, -0.1) is 0 Å². The lowest BCUT2D eigenvalue weighted by Crippen LogP contribution is -2.50. The van der Waals surface area contributed by atoms with Crippen molar-refractivity contribution in [2.45, 2.75) is 31.7 Å². The second-order valence-electron chi connectivity index (χ2n) is 5.36. The minimum Gasteiger partial charge on any atom is -0.381 e. The number of likely N-dealkylation sites (tertiary alicyclic amines) is 1. The van der Waals surface area contributed by atoms with E-state index < -0.39 is 5.41 Å². The van der Waals surface area contributed by atoms with Gasteiger partial charge in [-0.2, -0.15) is 5.26 Å². The molecule has 2 heterocycles. The molecule has 0 unspecified atom stereocenters. The number of hydrogen-bond acceptors (Lipinski definition) is 4. The summed E-state index contributed by atoms with van der Waals surface area (Å²) in [4.78, 5) is 14.6. The molecule has 0 aromatic heterocycles. The highest BCUT2D eigenvalue weighted by Crippen LogP contribution is 2.30. The first kappa shape index (κ1) is 13.3. The number of carbonyl (C=O) groups excluding carboxylic acids is 1. The second kappa shape index (κ2) is 5.68. The summed E-state index contributed by atoms with van der Waals surface area (Å²) in [5.41, 5.74) is -0.860. The standard InChI is InChI=1S/C13H21N3O2/c1-16-6-2-11(3-7-16)15-12(17)13(10-14)4-8-18-9-5-13/h11H,2-9H2,1H3,(H,15,17). The van der Waals surface area contributed by atoms with Gasteiger partial charge in [0.25, 0.3) is 0 Å². The average Bonchev–Trinajstić information content (AvgIpc) is 2.42. The Morgan fingerprint density at radius 1 is 1.39 bits per heavy atom. The maximum atomic E-state index is 12.3. The van der Waals surface area contributed by atoms with Crippen molar-refractivity contribution in [2.24, 2.45) is 5.41 Å². The topological polar surface area (TPSA) is 65.4 Å². The lowest BCUT2D eigenvalue weighted by molar-refractivity contribution is -0.133. The molecule has 0 aliphatic carbocycles. The van der Waals surface area contributed by atoms with E-state index in [-0.39, 0.29) is 11.9 Å². The molecule has 100 valence electrons. The molecule has 0 aromatic rings. The number of hydrogen-bond donors (Lipinski definition) is 1. The molecule has 2 rings (SSSR count). The fourth-order valence-electron chi connectivity index (χ4n) is 2.59. The minimum atomic E-state index is -0.860. The van der Waals surface area contributed by atoms with Crippen molar-refractivity contribution in [1.29, 1.82) is 5.26 Å². The van der Waals surface area contributed by atoms with Crippen molar-refractivity contribution >= 4 is 5.91 Å². The van der Waals surface area contributed by atoms with Gasteiger partial charge >= 0.3 is 0 Å². The lowest BCUT2D eigenvalue weighted by Gasteiger charge is -2.34. The molecule has 0 spiro atoms. The van der Waals surface area contributed by atoms with Crippen LogP contribution in [0.4, 0.5) is 0 Å². The maximum Gasteiger partial charge on any atom is 0.240 e. The Bertz CT molecular complexity index is 337. The van der Waals surface area contributed by atoms with Crippen LogP contribution < -0.4 is 5.32 Å². The Morgan fingerprint density at radius 3 is 2.56 bits per heavy atom. The van der Waals surface area contributed by atoms with Gasteiger partial charge in [-0.05, 0) is 45.8 Å². The van der Waals surface area contributed by atoms with Gasteiger partial charge in [0.2, 0.25) is 5.91 Å². The first-order valence-corrected chi connectivity index (χ1v) is 6.65. The number of rotatable bonds is 2. The van der Waals surface area contributed by atoms with Crippen molar-refractivity contribution in [3.05, 3.63) is 0 Å². The van der Waals surface area contributed by atoms with E-state index in [1.54, 1.807) is 0 Å². The zero-order valence-electron chi connectivity index (χ0n) is 10.9. The van der Waals surface area contributed by atoms with Crippen molar-refractivity contribution < 1.29 is 9.53 Å². The fourth-order valence-corrected chi connectivity index (χ4v) is 2.59. The maximum absolute atomic E-state index is 12.3. The van der Waals surface area contributed by atoms with Gasteiger partial charge in [-0.1, -0.05) is 0 Å². The van der Waals surface area contributed by atoms with Crippen LogP contribution in [-0.2, 0) is 9.53 Å². The monoisotopic (exact) mass is 251 g/mol. The predicted molar refractivity (Wildman–Crippen MR) is 66.8 cm³/mol. The van der Waals surface area contributed by atoms with Crippen LogP contribution in [-0.4, -0.2) is 50.2 Å². The normalized spacial score (nSPS) is 25.3. The molecule has 2 aliphatic heterocycles. The Labute approximate surface area is 108 Å². The van der Waals surface area contributed by atoms with E-state index >= 15 is 0 Å². The molecule has 0 saturated carbocycles.